The summed E-state index contributed by atoms with van der Waals surface area (Å²) < 4.78 is 11.6. The van der Waals surface area contributed by atoms with Crippen LogP contribution in [0.2, 0.25) is 0 Å². The van der Waals surface area contributed by atoms with Gasteiger partial charge in [-0.1, -0.05) is 19.4 Å². The molecule has 0 amide bonds. The third-order valence-electron chi connectivity index (χ3n) is 7.62. The minimum atomic E-state index is -0.559. The standard InChI is InChI=1S/C27H33NO4/c1-4-5-11-32-18-7-8-19-21(13-18)20-12-17(16-29)24(31-3)14-22(20)23-15-28-10-6-9-27(28,2)26(30)25(19)23/h7-8,12-14,26,29-30H,4-6,9-11,15-16H2,1-3H3. The van der Waals surface area contributed by atoms with Crippen molar-refractivity contribution in [2.24, 2.45) is 0 Å². The molecule has 2 N–H and O–H groups in total. The molecule has 5 nitrogen and oxygen atoms in total. The molecule has 0 saturated carbocycles. The number of ether oxygens (including phenoxy) is 2. The number of hydrogen-bond donors (Lipinski definition) is 2. The maximum Gasteiger partial charge on any atom is 0.125 e. The average molecular weight is 436 g/mol. The van der Waals surface area contributed by atoms with Gasteiger partial charge in [0.15, 0.2) is 0 Å². The summed E-state index contributed by atoms with van der Waals surface area (Å²) >= 11 is 0. The third kappa shape index (κ3) is 3.18. The van der Waals surface area contributed by atoms with Crippen LogP contribution in [0, 0.1) is 0 Å². The Morgan fingerprint density at radius 3 is 2.69 bits per heavy atom. The molecule has 2 aliphatic rings. The fourth-order valence-electron chi connectivity index (χ4n) is 5.72. The first-order valence-electron chi connectivity index (χ1n) is 11.8. The molecule has 5 heteroatoms. The zero-order valence-corrected chi connectivity index (χ0v) is 19.3. The largest absolute Gasteiger partial charge is 0.496 e. The third-order valence-corrected chi connectivity index (χ3v) is 7.62. The normalized spacial score (nSPS) is 22.8. The van der Waals surface area contributed by atoms with Crippen molar-refractivity contribution in [2.75, 3.05) is 20.3 Å². The number of nitrogens with zero attached hydrogens (tertiary/aromatic N) is 1. The van der Waals surface area contributed by atoms with E-state index in [-0.39, 0.29) is 12.1 Å². The Morgan fingerprint density at radius 1 is 1.12 bits per heavy atom. The quantitative estimate of drug-likeness (QED) is 0.418. The smallest absolute Gasteiger partial charge is 0.125 e. The number of hydrogen-bond acceptors (Lipinski definition) is 5. The Kier molecular flexibility index (Phi) is 5.52. The number of aliphatic hydroxyl groups is 2. The number of aliphatic hydroxyl groups excluding tert-OH is 2. The second-order valence-electron chi connectivity index (χ2n) is 9.45. The van der Waals surface area contributed by atoms with Crippen LogP contribution >= 0.6 is 0 Å². The molecule has 2 atom stereocenters. The van der Waals surface area contributed by atoms with Crippen molar-refractivity contribution in [3.8, 4) is 11.5 Å². The van der Waals surface area contributed by atoms with Crippen LogP contribution in [0.3, 0.4) is 0 Å². The highest BCUT2D eigenvalue weighted by Gasteiger charge is 2.48. The molecule has 2 unspecified atom stereocenters. The Labute approximate surface area is 189 Å². The van der Waals surface area contributed by atoms with Crippen LogP contribution in [0.4, 0.5) is 0 Å². The molecule has 1 fully saturated rings. The van der Waals surface area contributed by atoms with Gasteiger partial charge in [0.05, 0.1) is 26.4 Å². The summed E-state index contributed by atoms with van der Waals surface area (Å²) in [6.07, 6.45) is 3.64. The first-order chi connectivity index (χ1) is 15.5. The highest BCUT2D eigenvalue weighted by Crippen LogP contribution is 2.51. The monoisotopic (exact) mass is 435 g/mol. The lowest BCUT2D eigenvalue weighted by atomic mass is 9.77. The number of rotatable bonds is 6. The van der Waals surface area contributed by atoms with E-state index >= 15 is 0 Å². The molecular formula is C27H33NO4. The first kappa shape index (κ1) is 21.5. The lowest BCUT2D eigenvalue weighted by Gasteiger charge is -2.45. The van der Waals surface area contributed by atoms with E-state index in [0.717, 1.165) is 77.2 Å². The fraction of sp³-hybridized carbons (Fsp3) is 0.481. The summed E-state index contributed by atoms with van der Waals surface area (Å²) in [6.45, 7) is 6.77. The average Bonchev–Trinajstić information content (AvgIpc) is 3.20. The molecule has 0 aliphatic carbocycles. The number of unbranched alkanes of at least 4 members (excludes halogenated alkanes) is 1. The van der Waals surface area contributed by atoms with E-state index in [1.54, 1.807) is 7.11 Å². The molecule has 32 heavy (non-hydrogen) atoms. The highest BCUT2D eigenvalue weighted by molar-refractivity contribution is 6.12. The summed E-state index contributed by atoms with van der Waals surface area (Å²) in [5.74, 6) is 1.52. The van der Waals surface area contributed by atoms with Crippen LogP contribution in [-0.4, -0.2) is 40.9 Å². The SMILES string of the molecule is CCCCOc1ccc2c3c(c4cc(OC)c(CO)cc4c2c1)CN1CCCC1(C)C3O. The van der Waals surface area contributed by atoms with E-state index in [4.69, 9.17) is 9.47 Å². The van der Waals surface area contributed by atoms with E-state index < -0.39 is 6.10 Å². The van der Waals surface area contributed by atoms with Gasteiger partial charge in [-0.05, 0) is 89.7 Å². The van der Waals surface area contributed by atoms with Crippen LogP contribution in [0.15, 0.2) is 30.3 Å². The predicted octanol–water partition coefficient (Wildman–Crippen LogP) is 5.07. The number of fused-ring (bicyclic) bond motifs is 7. The van der Waals surface area contributed by atoms with Crippen molar-refractivity contribution in [3.05, 3.63) is 47.0 Å². The maximum atomic E-state index is 11.7. The molecule has 0 bridgehead atoms. The molecule has 2 aliphatic heterocycles. The molecule has 5 rings (SSSR count). The van der Waals surface area contributed by atoms with E-state index in [2.05, 4.69) is 30.9 Å². The molecule has 2 heterocycles. The summed E-state index contributed by atoms with van der Waals surface area (Å²) in [5, 5.41) is 25.9. The van der Waals surface area contributed by atoms with Gasteiger partial charge >= 0.3 is 0 Å². The van der Waals surface area contributed by atoms with Gasteiger partial charge in [-0.3, -0.25) is 4.90 Å². The van der Waals surface area contributed by atoms with Gasteiger partial charge in [0, 0.05) is 17.6 Å². The van der Waals surface area contributed by atoms with Crippen molar-refractivity contribution < 1.29 is 19.7 Å². The van der Waals surface area contributed by atoms with Crippen LogP contribution in [0.5, 0.6) is 11.5 Å². The van der Waals surface area contributed by atoms with Crippen LogP contribution in [0.25, 0.3) is 21.5 Å². The highest BCUT2D eigenvalue weighted by atomic mass is 16.5. The molecule has 1 saturated heterocycles. The Balaban J connectivity index is 1.81. The molecule has 0 spiro atoms. The van der Waals surface area contributed by atoms with Gasteiger partial charge in [0.25, 0.3) is 0 Å². The van der Waals surface area contributed by atoms with Gasteiger partial charge in [-0.15, -0.1) is 0 Å². The molecule has 0 radical (unpaired) electrons. The van der Waals surface area contributed by atoms with E-state index in [1.165, 1.54) is 5.56 Å². The molecule has 170 valence electrons. The van der Waals surface area contributed by atoms with Gasteiger partial charge in [-0.25, -0.2) is 0 Å². The lowest BCUT2D eigenvalue weighted by Crippen LogP contribution is -2.49. The molecule has 3 aromatic rings. The molecule has 0 aromatic heterocycles. The van der Waals surface area contributed by atoms with Crippen molar-refractivity contribution in [2.45, 2.75) is 64.3 Å². The second-order valence-corrected chi connectivity index (χ2v) is 9.45. The van der Waals surface area contributed by atoms with Crippen LogP contribution in [0.1, 0.15) is 62.3 Å². The minimum Gasteiger partial charge on any atom is -0.496 e. The molecule has 3 aromatic carbocycles. The predicted molar refractivity (Wildman–Crippen MR) is 127 cm³/mol. The zero-order chi connectivity index (χ0) is 22.5. The Hall–Kier alpha value is -2.34. The molecular weight excluding hydrogens is 402 g/mol. The Morgan fingerprint density at radius 2 is 1.94 bits per heavy atom. The van der Waals surface area contributed by atoms with Gasteiger partial charge < -0.3 is 19.7 Å². The lowest BCUT2D eigenvalue weighted by molar-refractivity contribution is -0.0142. The van der Waals surface area contributed by atoms with Gasteiger partial charge in [0.2, 0.25) is 0 Å². The maximum absolute atomic E-state index is 11.7. The van der Waals surface area contributed by atoms with Gasteiger partial charge in [-0.2, -0.15) is 0 Å². The van der Waals surface area contributed by atoms with E-state index in [0.29, 0.717) is 12.4 Å². The first-order valence-corrected chi connectivity index (χ1v) is 11.8. The van der Waals surface area contributed by atoms with Crippen LogP contribution in [-0.2, 0) is 13.2 Å². The van der Waals surface area contributed by atoms with E-state index in [9.17, 15) is 10.2 Å². The summed E-state index contributed by atoms with van der Waals surface area (Å²) in [4.78, 5) is 2.43. The topological polar surface area (TPSA) is 62.2 Å². The zero-order valence-electron chi connectivity index (χ0n) is 19.3. The Bertz CT molecular complexity index is 1170. The summed E-state index contributed by atoms with van der Waals surface area (Å²) in [6, 6.07) is 10.3. The van der Waals surface area contributed by atoms with Crippen molar-refractivity contribution in [1.29, 1.82) is 0 Å². The summed E-state index contributed by atoms with van der Waals surface area (Å²) in [7, 11) is 1.64. The number of benzene rings is 3. The van der Waals surface area contributed by atoms with E-state index in [1.807, 2.05) is 18.2 Å². The van der Waals surface area contributed by atoms with Gasteiger partial charge in [0.1, 0.15) is 11.5 Å². The van der Waals surface area contributed by atoms with Crippen molar-refractivity contribution in [3.63, 3.8) is 0 Å². The van der Waals surface area contributed by atoms with Crippen molar-refractivity contribution >= 4 is 21.5 Å². The number of methoxy groups -OCH3 is 1. The van der Waals surface area contributed by atoms with Crippen molar-refractivity contribution in [1.82, 2.24) is 4.90 Å². The fourth-order valence-corrected chi connectivity index (χ4v) is 5.72. The second kappa shape index (κ2) is 8.22. The summed E-state index contributed by atoms with van der Waals surface area (Å²) in [5.41, 5.74) is 2.73. The minimum absolute atomic E-state index is 0.0861. The van der Waals surface area contributed by atoms with Crippen LogP contribution < -0.4 is 9.47 Å².